The molecule has 0 aliphatic carbocycles. The van der Waals surface area contributed by atoms with Gasteiger partial charge in [0.2, 0.25) is 0 Å². The van der Waals surface area contributed by atoms with E-state index in [4.69, 9.17) is 15.1 Å². The molecule has 2 aromatic heterocycles. The molecule has 2 aromatic rings. The molecule has 4 nitrogen and oxygen atoms in total. The van der Waals surface area contributed by atoms with Gasteiger partial charge in [0.15, 0.2) is 0 Å². The van der Waals surface area contributed by atoms with Crippen molar-refractivity contribution in [3.63, 3.8) is 0 Å². The Morgan fingerprint density at radius 3 is 2.69 bits per heavy atom. The van der Waals surface area contributed by atoms with Crippen LogP contribution >= 0.6 is 11.3 Å². The molecule has 0 saturated carbocycles. The SMILES string of the molecule is O[B-](O)(O)c1nccc2sccc12. The maximum Gasteiger partial charge on any atom is 0.421 e. The lowest BCUT2D eigenvalue weighted by atomic mass is 9.74. The van der Waals surface area contributed by atoms with Crippen LogP contribution in [0.1, 0.15) is 0 Å². The predicted octanol–water partition coefficient (Wildman–Crippen LogP) is -0.581. The molecular formula is C7H7BNO3S-. The summed E-state index contributed by atoms with van der Waals surface area (Å²) in [6.45, 7) is -3.49. The van der Waals surface area contributed by atoms with Crippen LogP contribution in [0.15, 0.2) is 23.7 Å². The molecule has 2 heterocycles. The number of hydrogen-bond acceptors (Lipinski definition) is 5. The van der Waals surface area contributed by atoms with Gasteiger partial charge in [0.1, 0.15) is 0 Å². The van der Waals surface area contributed by atoms with Gasteiger partial charge in [-0.05, 0) is 28.5 Å². The monoisotopic (exact) mass is 196 g/mol. The molecule has 0 radical (unpaired) electrons. The van der Waals surface area contributed by atoms with E-state index in [1.807, 2.05) is 0 Å². The minimum absolute atomic E-state index is 0.0706. The van der Waals surface area contributed by atoms with Crippen LogP contribution in [0.3, 0.4) is 0 Å². The van der Waals surface area contributed by atoms with Gasteiger partial charge >= 0.3 is 6.75 Å². The Labute approximate surface area is 78.1 Å². The van der Waals surface area contributed by atoms with E-state index < -0.39 is 6.75 Å². The molecule has 0 unspecified atom stereocenters. The van der Waals surface area contributed by atoms with E-state index in [0.29, 0.717) is 5.39 Å². The van der Waals surface area contributed by atoms with Gasteiger partial charge < -0.3 is 15.1 Å². The Kier molecular flexibility index (Phi) is 1.85. The van der Waals surface area contributed by atoms with Gasteiger partial charge in [-0.1, -0.05) is 0 Å². The Morgan fingerprint density at radius 1 is 1.23 bits per heavy atom. The number of rotatable bonds is 1. The fraction of sp³-hybridized carbons (Fsp3) is 0. The van der Waals surface area contributed by atoms with Gasteiger partial charge in [0.05, 0.1) is 0 Å². The van der Waals surface area contributed by atoms with Crippen molar-refractivity contribution in [1.82, 2.24) is 4.98 Å². The lowest BCUT2D eigenvalue weighted by Crippen LogP contribution is -2.50. The number of pyridine rings is 1. The molecule has 0 spiro atoms. The second-order valence-electron chi connectivity index (χ2n) is 2.76. The van der Waals surface area contributed by atoms with Crippen molar-refractivity contribution in [2.24, 2.45) is 0 Å². The third-order valence-electron chi connectivity index (χ3n) is 1.78. The van der Waals surface area contributed by atoms with Gasteiger partial charge in [-0.3, -0.25) is 4.98 Å². The van der Waals surface area contributed by atoms with E-state index in [0.717, 1.165) is 4.70 Å². The van der Waals surface area contributed by atoms with Crippen LogP contribution in [-0.2, 0) is 0 Å². The number of fused-ring (bicyclic) bond motifs is 1. The normalized spacial score (nSPS) is 12.2. The lowest BCUT2D eigenvalue weighted by molar-refractivity contribution is 0.249. The average Bonchev–Trinajstić information content (AvgIpc) is 2.48. The maximum atomic E-state index is 9.02. The topological polar surface area (TPSA) is 73.6 Å². The molecule has 0 amide bonds. The summed E-state index contributed by atoms with van der Waals surface area (Å²) >= 11 is 1.45. The molecule has 0 aromatic carbocycles. The number of nitrogens with zero attached hydrogens (tertiary/aromatic N) is 1. The standard InChI is InChI=1S/C7H7BNO3S/c10-8(11,12)7-5-2-4-13-6(5)1-3-9-7/h1-4,10-12H/q-1. The molecule has 2 rings (SSSR count). The molecule has 0 fully saturated rings. The summed E-state index contributed by atoms with van der Waals surface area (Å²) in [7, 11) is 0. The van der Waals surface area contributed by atoms with Crippen molar-refractivity contribution >= 4 is 33.8 Å². The molecule has 0 aliphatic heterocycles. The van der Waals surface area contributed by atoms with Crippen molar-refractivity contribution in [2.45, 2.75) is 0 Å². The second-order valence-corrected chi connectivity index (χ2v) is 3.71. The summed E-state index contributed by atoms with van der Waals surface area (Å²) in [5, 5.41) is 29.4. The third-order valence-corrected chi connectivity index (χ3v) is 2.66. The minimum Gasteiger partial charge on any atom is -0.555 e. The van der Waals surface area contributed by atoms with Crippen molar-refractivity contribution in [1.29, 1.82) is 0 Å². The molecular weight excluding hydrogens is 189 g/mol. The fourth-order valence-electron chi connectivity index (χ4n) is 1.23. The van der Waals surface area contributed by atoms with Gasteiger partial charge in [0.25, 0.3) is 0 Å². The Balaban J connectivity index is 2.75. The molecule has 3 N–H and O–H groups in total. The first-order chi connectivity index (χ1) is 6.09. The van der Waals surface area contributed by atoms with Gasteiger partial charge in [-0.15, -0.1) is 11.3 Å². The smallest absolute Gasteiger partial charge is 0.421 e. The zero-order valence-corrected chi connectivity index (χ0v) is 7.40. The highest BCUT2D eigenvalue weighted by Crippen LogP contribution is 2.18. The van der Waals surface area contributed by atoms with Crippen molar-refractivity contribution in [3.05, 3.63) is 23.7 Å². The van der Waals surface area contributed by atoms with E-state index in [1.165, 1.54) is 17.5 Å². The Hall–Kier alpha value is -0.945. The zero-order valence-electron chi connectivity index (χ0n) is 6.58. The first kappa shape index (κ1) is 8.64. The molecule has 13 heavy (non-hydrogen) atoms. The summed E-state index contributed by atoms with van der Waals surface area (Å²) in [4.78, 5) is 3.73. The van der Waals surface area contributed by atoms with Crippen LogP contribution in [-0.4, -0.2) is 26.8 Å². The molecule has 0 bridgehead atoms. The van der Waals surface area contributed by atoms with Crippen molar-refractivity contribution in [2.75, 3.05) is 0 Å². The van der Waals surface area contributed by atoms with Crippen LogP contribution in [0.25, 0.3) is 10.1 Å². The van der Waals surface area contributed by atoms with E-state index in [2.05, 4.69) is 4.98 Å². The highest BCUT2D eigenvalue weighted by atomic mass is 32.1. The quantitative estimate of drug-likeness (QED) is 0.533. The van der Waals surface area contributed by atoms with Crippen LogP contribution in [0.4, 0.5) is 0 Å². The summed E-state index contributed by atoms with van der Waals surface area (Å²) in [5.41, 5.74) is -0.0706. The molecule has 6 heteroatoms. The Morgan fingerprint density at radius 2 is 2.00 bits per heavy atom. The molecule has 0 atom stereocenters. The summed E-state index contributed by atoms with van der Waals surface area (Å²) in [6, 6.07) is 3.45. The van der Waals surface area contributed by atoms with Gasteiger partial charge in [-0.2, -0.15) is 0 Å². The molecule has 0 aliphatic rings. The lowest BCUT2D eigenvalue weighted by Gasteiger charge is -2.20. The van der Waals surface area contributed by atoms with Crippen molar-refractivity contribution in [3.8, 4) is 0 Å². The highest BCUT2D eigenvalue weighted by molar-refractivity contribution is 7.17. The average molecular weight is 196 g/mol. The fourth-order valence-corrected chi connectivity index (χ4v) is 2.01. The number of hydrogen-bond donors (Lipinski definition) is 3. The van der Waals surface area contributed by atoms with Crippen LogP contribution in [0.5, 0.6) is 0 Å². The minimum atomic E-state index is -3.49. The largest absolute Gasteiger partial charge is 0.555 e. The summed E-state index contributed by atoms with van der Waals surface area (Å²) in [6.07, 6.45) is 1.44. The second kappa shape index (κ2) is 2.78. The van der Waals surface area contributed by atoms with E-state index >= 15 is 0 Å². The van der Waals surface area contributed by atoms with E-state index in [9.17, 15) is 0 Å². The van der Waals surface area contributed by atoms with Gasteiger partial charge in [0, 0.05) is 10.9 Å². The van der Waals surface area contributed by atoms with E-state index in [1.54, 1.807) is 17.5 Å². The zero-order chi connectivity index (χ0) is 9.47. The van der Waals surface area contributed by atoms with E-state index in [-0.39, 0.29) is 5.59 Å². The third kappa shape index (κ3) is 1.44. The van der Waals surface area contributed by atoms with Gasteiger partial charge in [-0.25, -0.2) is 0 Å². The number of aromatic nitrogens is 1. The Bertz CT molecular complexity index is 436. The van der Waals surface area contributed by atoms with Crippen molar-refractivity contribution < 1.29 is 15.1 Å². The summed E-state index contributed by atoms with van der Waals surface area (Å²) < 4.78 is 0.869. The van der Waals surface area contributed by atoms with Crippen LogP contribution in [0, 0.1) is 0 Å². The maximum absolute atomic E-state index is 9.02. The molecule has 0 saturated heterocycles. The van der Waals surface area contributed by atoms with Crippen LogP contribution in [0.2, 0.25) is 0 Å². The molecule has 68 valence electrons. The van der Waals surface area contributed by atoms with Crippen LogP contribution < -0.4 is 5.59 Å². The first-order valence-electron chi connectivity index (χ1n) is 3.73. The summed E-state index contributed by atoms with van der Waals surface area (Å²) in [5.74, 6) is 0. The first-order valence-corrected chi connectivity index (χ1v) is 4.61. The number of thiophene rings is 1. The predicted molar refractivity (Wildman–Crippen MR) is 51.7 cm³/mol. The highest BCUT2D eigenvalue weighted by Gasteiger charge is 2.22.